The molecule has 15 heavy (non-hydrogen) atoms. The number of sulfone groups is 1. The zero-order valence-electron chi connectivity index (χ0n) is 9.41. The summed E-state index contributed by atoms with van der Waals surface area (Å²) in [6.45, 7) is 3.37. The second-order valence-corrected chi connectivity index (χ2v) is 6.25. The summed E-state index contributed by atoms with van der Waals surface area (Å²) in [4.78, 5) is 0. The Kier molecular flexibility index (Phi) is 9.55. The molecule has 0 unspecified atom stereocenters. The summed E-state index contributed by atoms with van der Waals surface area (Å²) in [5.74, 6) is 0.395. The summed E-state index contributed by atoms with van der Waals surface area (Å²) < 4.78 is 22.4. The Bertz CT molecular complexity index is 230. The maximum atomic E-state index is 11.2. The van der Waals surface area contributed by atoms with Crippen molar-refractivity contribution in [1.29, 1.82) is 0 Å². The third kappa shape index (κ3) is 10.5. The number of halogens is 1. The van der Waals surface area contributed by atoms with Gasteiger partial charge in [-0.15, -0.1) is 11.6 Å². The molecule has 5 heteroatoms. The zero-order chi connectivity index (χ0) is 11.6. The Morgan fingerprint density at radius 1 is 1.07 bits per heavy atom. The summed E-state index contributed by atoms with van der Waals surface area (Å²) in [5.41, 5.74) is 0. The minimum absolute atomic E-state index is 0.0694. The molecule has 0 fully saturated rings. The topological polar surface area (TPSA) is 48.2 Å². The molecule has 0 aliphatic rings. The van der Waals surface area contributed by atoms with Crippen molar-refractivity contribution in [2.75, 3.05) is 30.5 Å². The van der Waals surface area contributed by atoms with E-state index in [2.05, 4.69) is 12.2 Å². The normalized spacial score (nSPS) is 11.9. The standard InChI is InChI=1S/C10H21ClNO2S/c1-2-3-4-5-7-12-8-10-15(13,14)9-6-11/h2-10H2,1H3. The second-order valence-electron chi connectivity index (χ2n) is 3.57. The molecule has 0 aromatic rings. The van der Waals surface area contributed by atoms with Gasteiger partial charge in [-0.3, -0.25) is 0 Å². The van der Waals surface area contributed by atoms with E-state index < -0.39 is 9.84 Å². The molecule has 0 saturated carbocycles. The van der Waals surface area contributed by atoms with Crippen molar-refractivity contribution in [2.24, 2.45) is 0 Å². The molecule has 0 aromatic heterocycles. The van der Waals surface area contributed by atoms with Crippen LogP contribution in [0.15, 0.2) is 0 Å². The maximum Gasteiger partial charge on any atom is 0.152 e. The first-order valence-electron chi connectivity index (χ1n) is 5.52. The van der Waals surface area contributed by atoms with Gasteiger partial charge in [-0.1, -0.05) is 26.2 Å². The van der Waals surface area contributed by atoms with Gasteiger partial charge in [0.25, 0.3) is 0 Å². The van der Waals surface area contributed by atoms with Gasteiger partial charge in [0.1, 0.15) is 0 Å². The fourth-order valence-electron chi connectivity index (χ4n) is 1.19. The highest BCUT2D eigenvalue weighted by Gasteiger charge is 2.08. The number of hydrogen-bond donors (Lipinski definition) is 0. The Labute approximate surface area is 98.5 Å². The Morgan fingerprint density at radius 3 is 2.40 bits per heavy atom. The molecule has 0 heterocycles. The minimum atomic E-state index is -2.95. The monoisotopic (exact) mass is 254 g/mol. The third-order valence-corrected chi connectivity index (χ3v) is 4.16. The first-order chi connectivity index (χ1) is 7.12. The predicted molar refractivity (Wildman–Crippen MR) is 65.4 cm³/mol. The van der Waals surface area contributed by atoms with Gasteiger partial charge in [-0.25, -0.2) is 13.7 Å². The van der Waals surface area contributed by atoms with E-state index in [1.165, 1.54) is 19.3 Å². The second kappa shape index (κ2) is 9.43. The highest BCUT2D eigenvalue weighted by atomic mass is 35.5. The molecule has 0 N–H and O–H groups in total. The number of hydrogen-bond acceptors (Lipinski definition) is 2. The van der Waals surface area contributed by atoms with Gasteiger partial charge in [-0.05, 0) is 6.42 Å². The smallest absolute Gasteiger partial charge is 0.152 e. The summed E-state index contributed by atoms with van der Waals surface area (Å²) in [6.07, 6.45) is 4.71. The van der Waals surface area contributed by atoms with Gasteiger partial charge < -0.3 is 0 Å². The summed E-state index contributed by atoms with van der Waals surface area (Å²) in [5, 5.41) is 4.19. The molecule has 0 spiro atoms. The number of unbranched alkanes of at least 4 members (excludes halogenated alkanes) is 3. The molecule has 0 aliphatic heterocycles. The molecule has 0 atom stereocenters. The van der Waals surface area contributed by atoms with E-state index in [0.717, 1.165) is 13.0 Å². The SMILES string of the molecule is CCCCCC[N]CCS(=O)(=O)CCCl. The lowest BCUT2D eigenvalue weighted by molar-refractivity contribution is 0.581. The molecule has 0 rings (SSSR count). The van der Waals surface area contributed by atoms with E-state index >= 15 is 0 Å². The molecule has 0 saturated heterocycles. The van der Waals surface area contributed by atoms with Crippen LogP contribution in [0, 0.1) is 0 Å². The van der Waals surface area contributed by atoms with Crippen molar-refractivity contribution in [3.63, 3.8) is 0 Å². The van der Waals surface area contributed by atoms with Gasteiger partial charge in [0, 0.05) is 19.0 Å². The number of nitrogens with zero attached hydrogens (tertiary/aromatic N) is 1. The molecular weight excluding hydrogens is 234 g/mol. The summed E-state index contributed by atoms with van der Waals surface area (Å²) in [6, 6.07) is 0. The van der Waals surface area contributed by atoms with Gasteiger partial charge >= 0.3 is 0 Å². The van der Waals surface area contributed by atoms with Gasteiger partial charge in [0.2, 0.25) is 0 Å². The molecule has 3 nitrogen and oxygen atoms in total. The average Bonchev–Trinajstić information content (AvgIpc) is 2.16. The van der Waals surface area contributed by atoms with E-state index in [0.29, 0.717) is 6.54 Å². The van der Waals surface area contributed by atoms with Crippen molar-refractivity contribution in [3.05, 3.63) is 0 Å². The van der Waals surface area contributed by atoms with E-state index in [9.17, 15) is 8.42 Å². The van der Waals surface area contributed by atoms with Crippen LogP contribution in [-0.4, -0.2) is 38.9 Å². The van der Waals surface area contributed by atoms with Crippen LogP contribution in [0.3, 0.4) is 0 Å². The molecular formula is C10H21ClNO2S. The van der Waals surface area contributed by atoms with Crippen LogP contribution < -0.4 is 5.32 Å². The van der Waals surface area contributed by atoms with Gasteiger partial charge in [0.15, 0.2) is 9.84 Å². The molecule has 0 aliphatic carbocycles. The lowest BCUT2D eigenvalue weighted by Gasteiger charge is -2.03. The first kappa shape index (κ1) is 15.2. The highest BCUT2D eigenvalue weighted by Crippen LogP contribution is 1.97. The molecule has 0 aromatic carbocycles. The largest absolute Gasteiger partial charge is 0.241 e. The molecule has 1 radical (unpaired) electrons. The van der Waals surface area contributed by atoms with Crippen LogP contribution in [0.2, 0.25) is 0 Å². The molecule has 91 valence electrons. The molecule has 0 amide bonds. The fraction of sp³-hybridized carbons (Fsp3) is 1.00. The average molecular weight is 255 g/mol. The van der Waals surface area contributed by atoms with Crippen molar-refractivity contribution in [3.8, 4) is 0 Å². The lowest BCUT2D eigenvalue weighted by atomic mass is 10.2. The predicted octanol–water partition coefficient (Wildman–Crippen LogP) is 1.82. The van der Waals surface area contributed by atoms with Crippen molar-refractivity contribution in [1.82, 2.24) is 5.32 Å². The van der Waals surface area contributed by atoms with Crippen LogP contribution in [0.5, 0.6) is 0 Å². The van der Waals surface area contributed by atoms with Crippen molar-refractivity contribution >= 4 is 21.4 Å². The Morgan fingerprint density at radius 2 is 1.80 bits per heavy atom. The van der Waals surface area contributed by atoms with Crippen molar-refractivity contribution in [2.45, 2.75) is 32.6 Å². The van der Waals surface area contributed by atoms with Crippen molar-refractivity contribution < 1.29 is 8.42 Å². The number of alkyl halides is 1. The van der Waals surface area contributed by atoms with Crippen LogP contribution >= 0.6 is 11.6 Å². The van der Waals surface area contributed by atoms with E-state index in [1.54, 1.807) is 0 Å². The van der Waals surface area contributed by atoms with Crippen LogP contribution in [-0.2, 0) is 9.84 Å². The summed E-state index contributed by atoms with van der Waals surface area (Å²) >= 11 is 5.37. The van der Waals surface area contributed by atoms with Crippen LogP contribution in [0.1, 0.15) is 32.6 Å². The summed E-state index contributed by atoms with van der Waals surface area (Å²) in [7, 11) is -2.95. The Hall–Kier alpha value is 0.200. The lowest BCUT2D eigenvalue weighted by Crippen LogP contribution is -2.21. The van der Waals surface area contributed by atoms with E-state index in [1.807, 2.05) is 0 Å². The van der Waals surface area contributed by atoms with E-state index in [4.69, 9.17) is 11.6 Å². The maximum absolute atomic E-state index is 11.2. The van der Waals surface area contributed by atoms with Crippen LogP contribution in [0.25, 0.3) is 0 Å². The number of rotatable bonds is 10. The minimum Gasteiger partial charge on any atom is -0.241 e. The Balaban J connectivity index is 3.31. The van der Waals surface area contributed by atoms with Crippen LogP contribution in [0.4, 0.5) is 0 Å². The fourth-order valence-corrected chi connectivity index (χ4v) is 2.74. The van der Waals surface area contributed by atoms with Gasteiger partial charge in [0.05, 0.1) is 11.5 Å². The quantitative estimate of drug-likeness (QED) is 0.441. The highest BCUT2D eigenvalue weighted by molar-refractivity contribution is 7.91. The van der Waals surface area contributed by atoms with E-state index in [-0.39, 0.29) is 17.4 Å². The third-order valence-electron chi connectivity index (χ3n) is 2.12. The zero-order valence-corrected chi connectivity index (χ0v) is 11.0. The molecule has 0 bridgehead atoms. The first-order valence-corrected chi connectivity index (χ1v) is 7.87. The van der Waals surface area contributed by atoms with Gasteiger partial charge in [-0.2, -0.15) is 0 Å².